The van der Waals surface area contributed by atoms with Crippen molar-refractivity contribution in [2.45, 2.75) is 52.9 Å². The molecule has 0 bridgehead atoms. The Morgan fingerprint density at radius 2 is 1.89 bits per heavy atom. The van der Waals surface area contributed by atoms with Crippen molar-refractivity contribution < 1.29 is 14.4 Å². The molecule has 0 radical (unpaired) electrons. The topological polar surface area (TPSA) is 63.2 Å². The smallest absolute Gasteiger partial charge is 0.216 e. The van der Waals surface area contributed by atoms with Gasteiger partial charge >= 0.3 is 0 Å². The van der Waals surface area contributed by atoms with Crippen LogP contribution in [-0.4, -0.2) is 29.1 Å². The van der Waals surface area contributed by atoms with E-state index >= 15 is 0 Å². The summed E-state index contributed by atoms with van der Waals surface area (Å²) >= 11 is 1.12. The predicted octanol–water partition coefficient (Wildman–Crippen LogP) is 2.56. The van der Waals surface area contributed by atoms with Crippen LogP contribution in [0, 0.1) is 5.92 Å². The third-order valence-electron chi connectivity index (χ3n) is 2.85. The molecular formula is C14H25NO3S. The second-order valence-corrected chi connectivity index (χ2v) is 5.90. The SMILES string of the molecule is CCCCCC(C)C(=O)CC(=O)SCCNC(C)=O. The molecule has 0 spiro atoms. The summed E-state index contributed by atoms with van der Waals surface area (Å²) in [5.74, 6) is 0.434. The van der Waals surface area contributed by atoms with Gasteiger partial charge in [0.2, 0.25) is 5.91 Å². The van der Waals surface area contributed by atoms with Crippen molar-refractivity contribution in [2.24, 2.45) is 5.92 Å². The lowest BCUT2D eigenvalue weighted by molar-refractivity contribution is -0.126. The number of carbonyl (C=O) groups is 3. The average molecular weight is 287 g/mol. The zero-order valence-corrected chi connectivity index (χ0v) is 13.0. The van der Waals surface area contributed by atoms with Crippen LogP contribution >= 0.6 is 11.8 Å². The van der Waals surface area contributed by atoms with Crippen LogP contribution in [0.4, 0.5) is 0 Å². The minimum absolute atomic E-state index is 0.0119. The van der Waals surface area contributed by atoms with Gasteiger partial charge in [0, 0.05) is 25.1 Å². The van der Waals surface area contributed by atoms with Gasteiger partial charge in [0.15, 0.2) is 5.12 Å². The highest BCUT2D eigenvalue weighted by atomic mass is 32.2. The minimum atomic E-state index is -0.103. The number of hydrogen-bond donors (Lipinski definition) is 1. The number of nitrogens with one attached hydrogen (secondary N) is 1. The molecule has 0 aromatic rings. The second kappa shape index (κ2) is 11.0. The van der Waals surface area contributed by atoms with Crippen LogP contribution in [-0.2, 0) is 14.4 Å². The molecule has 19 heavy (non-hydrogen) atoms. The van der Waals surface area contributed by atoms with Crippen molar-refractivity contribution in [3.63, 3.8) is 0 Å². The van der Waals surface area contributed by atoms with Crippen molar-refractivity contribution in [3.8, 4) is 0 Å². The number of hydrogen-bond acceptors (Lipinski definition) is 4. The fraction of sp³-hybridized carbons (Fsp3) is 0.786. The lowest BCUT2D eigenvalue weighted by atomic mass is 9.97. The molecule has 0 aliphatic rings. The predicted molar refractivity (Wildman–Crippen MR) is 79.1 cm³/mol. The summed E-state index contributed by atoms with van der Waals surface area (Å²) in [5.41, 5.74) is 0. The molecule has 110 valence electrons. The van der Waals surface area contributed by atoms with E-state index < -0.39 is 0 Å². The Labute approximate surface area is 120 Å². The molecule has 1 N–H and O–H groups in total. The number of ketones is 1. The van der Waals surface area contributed by atoms with Gasteiger partial charge in [-0.15, -0.1) is 0 Å². The maximum Gasteiger partial charge on any atom is 0.216 e. The lowest BCUT2D eigenvalue weighted by Gasteiger charge is -2.09. The summed E-state index contributed by atoms with van der Waals surface area (Å²) in [5, 5.41) is 2.52. The van der Waals surface area contributed by atoms with Crippen molar-refractivity contribution in [1.82, 2.24) is 5.32 Å². The van der Waals surface area contributed by atoms with Gasteiger partial charge in [-0.2, -0.15) is 0 Å². The first kappa shape index (κ1) is 18.2. The quantitative estimate of drug-likeness (QED) is 0.495. The summed E-state index contributed by atoms with van der Waals surface area (Å²) < 4.78 is 0. The zero-order valence-electron chi connectivity index (χ0n) is 12.2. The van der Waals surface area contributed by atoms with Crippen LogP contribution in [0.3, 0.4) is 0 Å². The standard InChI is InChI=1S/C14H25NO3S/c1-4-5-6-7-11(2)13(17)10-14(18)19-9-8-15-12(3)16/h11H,4-10H2,1-3H3,(H,15,16). The Morgan fingerprint density at radius 3 is 2.47 bits per heavy atom. The maximum atomic E-state index is 11.8. The largest absolute Gasteiger partial charge is 0.356 e. The van der Waals surface area contributed by atoms with Crippen LogP contribution in [0.25, 0.3) is 0 Å². The molecule has 4 nitrogen and oxygen atoms in total. The first-order chi connectivity index (χ1) is 8.97. The normalized spacial score (nSPS) is 11.9. The molecule has 1 unspecified atom stereocenters. The van der Waals surface area contributed by atoms with Crippen molar-refractivity contribution in [2.75, 3.05) is 12.3 Å². The Kier molecular flexibility index (Phi) is 10.5. The van der Waals surface area contributed by atoms with E-state index in [-0.39, 0.29) is 29.1 Å². The third kappa shape index (κ3) is 10.7. The van der Waals surface area contributed by atoms with E-state index in [0.29, 0.717) is 12.3 Å². The van der Waals surface area contributed by atoms with Crippen LogP contribution in [0.1, 0.15) is 52.9 Å². The third-order valence-corrected chi connectivity index (χ3v) is 3.72. The Bertz CT molecular complexity index is 305. The number of thioether (sulfide) groups is 1. The van der Waals surface area contributed by atoms with E-state index in [1.54, 1.807) is 0 Å². The monoisotopic (exact) mass is 287 g/mol. The molecular weight excluding hydrogens is 262 g/mol. The second-order valence-electron chi connectivity index (χ2n) is 4.74. The highest BCUT2D eigenvalue weighted by molar-refractivity contribution is 8.13. The molecule has 0 saturated heterocycles. The Morgan fingerprint density at radius 1 is 1.21 bits per heavy atom. The summed E-state index contributed by atoms with van der Waals surface area (Å²) in [7, 11) is 0. The summed E-state index contributed by atoms with van der Waals surface area (Å²) in [6.45, 7) is 5.93. The molecule has 0 aromatic carbocycles. The number of unbranched alkanes of at least 4 members (excludes halogenated alkanes) is 2. The number of amides is 1. The van der Waals surface area contributed by atoms with Gasteiger partial charge in [-0.1, -0.05) is 44.9 Å². The molecule has 0 saturated carbocycles. The zero-order chi connectivity index (χ0) is 14.7. The van der Waals surface area contributed by atoms with Gasteiger partial charge in [-0.25, -0.2) is 0 Å². The van der Waals surface area contributed by atoms with Gasteiger partial charge in [0.05, 0.1) is 6.42 Å². The first-order valence-corrected chi connectivity index (χ1v) is 7.88. The van der Waals surface area contributed by atoms with E-state index in [4.69, 9.17) is 0 Å². The molecule has 0 aliphatic carbocycles. The Hall–Kier alpha value is -0.840. The fourth-order valence-electron chi connectivity index (χ4n) is 1.62. The van der Waals surface area contributed by atoms with Gasteiger partial charge in [-0.3, -0.25) is 14.4 Å². The molecule has 5 heteroatoms. The van der Waals surface area contributed by atoms with Crippen LogP contribution in [0.5, 0.6) is 0 Å². The number of rotatable bonds is 10. The van der Waals surface area contributed by atoms with Crippen molar-refractivity contribution >= 4 is 28.6 Å². The van der Waals surface area contributed by atoms with Crippen LogP contribution in [0.15, 0.2) is 0 Å². The average Bonchev–Trinajstić information content (AvgIpc) is 2.34. The van der Waals surface area contributed by atoms with E-state index in [1.807, 2.05) is 6.92 Å². The lowest BCUT2D eigenvalue weighted by Crippen LogP contribution is -2.23. The molecule has 0 fully saturated rings. The van der Waals surface area contributed by atoms with Crippen LogP contribution < -0.4 is 5.32 Å². The Balaban J connectivity index is 3.73. The van der Waals surface area contributed by atoms with E-state index in [1.165, 1.54) is 6.92 Å². The summed E-state index contributed by atoms with van der Waals surface area (Å²) in [6, 6.07) is 0. The number of Topliss-reactive ketones (excluding diaryl/α,β-unsaturated/α-hetero) is 1. The molecule has 0 aliphatic heterocycles. The molecule has 0 heterocycles. The van der Waals surface area contributed by atoms with Crippen molar-refractivity contribution in [1.29, 1.82) is 0 Å². The molecule has 0 aromatic heterocycles. The van der Waals surface area contributed by atoms with Gasteiger partial charge < -0.3 is 5.32 Å². The first-order valence-electron chi connectivity index (χ1n) is 6.90. The van der Waals surface area contributed by atoms with E-state index in [2.05, 4.69) is 12.2 Å². The molecule has 0 rings (SSSR count). The van der Waals surface area contributed by atoms with Gasteiger partial charge in [-0.05, 0) is 6.42 Å². The summed E-state index contributed by atoms with van der Waals surface area (Å²) in [6.07, 6.45) is 4.21. The number of carbonyl (C=O) groups excluding carboxylic acids is 3. The summed E-state index contributed by atoms with van der Waals surface area (Å²) in [4.78, 5) is 34.0. The van der Waals surface area contributed by atoms with Gasteiger partial charge in [0.1, 0.15) is 5.78 Å². The van der Waals surface area contributed by atoms with Crippen molar-refractivity contribution in [3.05, 3.63) is 0 Å². The molecule has 1 atom stereocenters. The fourth-order valence-corrected chi connectivity index (χ4v) is 2.30. The van der Waals surface area contributed by atoms with Crippen LogP contribution in [0.2, 0.25) is 0 Å². The molecule has 1 amide bonds. The van der Waals surface area contributed by atoms with Gasteiger partial charge in [0.25, 0.3) is 0 Å². The highest BCUT2D eigenvalue weighted by Crippen LogP contribution is 2.14. The maximum absolute atomic E-state index is 11.8. The van der Waals surface area contributed by atoms with E-state index in [0.717, 1.165) is 37.4 Å². The minimum Gasteiger partial charge on any atom is -0.356 e. The highest BCUT2D eigenvalue weighted by Gasteiger charge is 2.16. The van der Waals surface area contributed by atoms with E-state index in [9.17, 15) is 14.4 Å².